The molecule has 2 heteroatoms. The molecule has 0 saturated heterocycles. The highest BCUT2D eigenvalue weighted by Crippen LogP contribution is 2.54. The summed E-state index contributed by atoms with van der Waals surface area (Å²) in [7, 11) is 0. The lowest BCUT2D eigenvalue weighted by Crippen LogP contribution is -2.14. The van der Waals surface area contributed by atoms with Crippen LogP contribution in [0.1, 0.15) is 25.0 Å². The molecule has 0 N–H and O–H groups in total. The van der Waals surface area contributed by atoms with E-state index in [1.54, 1.807) is 0 Å². The molecule has 1 heterocycles. The molecule has 4 aromatic rings. The third-order valence-corrected chi connectivity index (χ3v) is 6.51. The Morgan fingerprint density at radius 1 is 0.870 bits per heavy atom. The van der Waals surface area contributed by atoms with Gasteiger partial charge in [-0.1, -0.05) is 55.8 Å². The lowest BCUT2D eigenvalue weighted by atomic mass is 9.82. The molecule has 0 bridgehead atoms. The van der Waals surface area contributed by atoms with Crippen molar-refractivity contribution in [3.05, 3.63) is 70.7 Å². The molecular formula is C21H15ClS. The number of hydrogen-bond acceptors (Lipinski definition) is 1. The predicted molar refractivity (Wildman–Crippen MR) is 102 cm³/mol. The van der Waals surface area contributed by atoms with E-state index in [1.807, 2.05) is 17.4 Å². The van der Waals surface area contributed by atoms with Crippen LogP contribution in [0.3, 0.4) is 0 Å². The maximum atomic E-state index is 6.29. The van der Waals surface area contributed by atoms with E-state index < -0.39 is 0 Å². The van der Waals surface area contributed by atoms with E-state index in [0.717, 1.165) is 5.02 Å². The first-order chi connectivity index (χ1) is 11.1. The first-order valence-corrected chi connectivity index (χ1v) is 9.02. The molecule has 0 spiro atoms. The van der Waals surface area contributed by atoms with Crippen molar-refractivity contribution in [2.75, 3.05) is 0 Å². The minimum Gasteiger partial charge on any atom is -0.135 e. The van der Waals surface area contributed by atoms with Crippen LogP contribution in [0.25, 0.3) is 31.3 Å². The summed E-state index contributed by atoms with van der Waals surface area (Å²) in [6.07, 6.45) is 0. The average Bonchev–Trinajstić information content (AvgIpc) is 3.01. The molecule has 0 nitrogen and oxygen atoms in total. The van der Waals surface area contributed by atoms with E-state index in [0.29, 0.717) is 0 Å². The van der Waals surface area contributed by atoms with Gasteiger partial charge in [0.2, 0.25) is 0 Å². The Kier molecular flexibility index (Phi) is 2.58. The molecule has 23 heavy (non-hydrogen) atoms. The summed E-state index contributed by atoms with van der Waals surface area (Å²) >= 11 is 8.17. The smallest absolute Gasteiger partial charge is 0.0409 e. The molecule has 0 unspecified atom stereocenters. The molecule has 0 aliphatic heterocycles. The first-order valence-electron chi connectivity index (χ1n) is 7.82. The number of rotatable bonds is 0. The van der Waals surface area contributed by atoms with Crippen LogP contribution in [0.4, 0.5) is 0 Å². The van der Waals surface area contributed by atoms with Gasteiger partial charge in [0.25, 0.3) is 0 Å². The Morgan fingerprint density at radius 3 is 2.57 bits per heavy atom. The summed E-state index contributed by atoms with van der Waals surface area (Å²) in [4.78, 5) is 0. The third kappa shape index (κ3) is 1.67. The number of fused-ring (bicyclic) bond motifs is 7. The number of benzene rings is 3. The van der Waals surface area contributed by atoms with Crippen LogP contribution in [0.2, 0.25) is 5.02 Å². The van der Waals surface area contributed by atoms with Gasteiger partial charge in [-0.15, -0.1) is 11.3 Å². The lowest BCUT2D eigenvalue weighted by molar-refractivity contribution is 0.661. The van der Waals surface area contributed by atoms with Crippen molar-refractivity contribution in [1.82, 2.24) is 0 Å². The van der Waals surface area contributed by atoms with Gasteiger partial charge in [0, 0.05) is 30.6 Å². The summed E-state index contributed by atoms with van der Waals surface area (Å²) in [5, 5.41) is 3.58. The molecule has 0 atom stereocenters. The van der Waals surface area contributed by atoms with E-state index in [4.69, 9.17) is 11.6 Å². The van der Waals surface area contributed by atoms with Crippen molar-refractivity contribution in [3.8, 4) is 11.1 Å². The highest BCUT2D eigenvalue weighted by atomic mass is 35.5. The summed E-state index contributed by atoms with van der Waals surface area (Å²) in [5.74, 6) is 0. The summed E-state index contributed by atoms with van der Waals surface area (Å²) in [6, 6.07) is 19.7. The van der Waals surface area contributed by atoms with Crippen molar-refractivity contribution >= 4 is 43.1 Å². The van der Waals surface area contributed by atoms with E-state index in [1.165, 1.54) is 42.4 Å². The zero-order chi connectivity index (χ0) is 15.8. The van der Waals surface area contributed by atoms with Gasteiger partial charge in [-0.2, -0.15) is 0 Å². The number of hydrogen-bond donors (Lipinski definition) is 0. The van der Waals surface area contributed by atoms with Crippen LogP contribution in [0.5, 0.6) is 0 Å². The fourth-order valence-electron chi connectivity index (χ4n) is 4.01. The molecule has 5 rings (SSSR count). The zero-order valence-corrected chi connectivity index (χ0v) is 14.6. The second-order valence-electron chi connectivity index (χ2n) is 6.77. The largest absolute Gasteiger partial charge is 0.135 e. The van der Waals surface area contributed by atoms with Crippen molar-refractivity contribution < 1.29 is 0 Å². The van der Waals surface area contributed by atoms with Gasteiger partial charge in [0.1, 0.15) is 0 Å². The molecule has 0 saturated carbocycles. The standard InChI is InChI=1S/C21H15ClS/c1-21(2)15-9-10-18-20(14-5-3-4-6-17(14)23-18)19(15)13-8-7-12(22)11-16(13)21/h3-11H,1-2H3. The van der Waals surface area contributed by atoms with E-state index >= 15 is 0 Å². The molecule has 1 aliphatic carbocycles. The molecule has 1 aromatic heterocycles. The molecule has 112 valence electrons. The first kappa shape index (κ1) is 13.6. The maximum absolute atomic E-state index is 6.29. The molecule has 0 amide bonds. The van der Waals surface area contributed by atoms with E-state index in [-0.39, 0.29) is 5.41 Å². The van der Waals surface area contributed by atoms with Crippen LogP contribution in [-0.2, 0) is 5.41 Å². The molecule has 1 aliphatic rings. The second-order valence-corrected chi connectivity index (χ2v) is 8.29. The van der Waals surface area contributed by atoms with E-state index in [2.05, 4.69) is 62.4 Å². The Morgan fingerprint density at radius 2 is 1.70 bits per heavy atom. The van der Waals surface area contributed by atoms with Crippen molar-refractivity contribution in [1.29, 1.82) is 0 Å². The third-order valence-electron chi connectivity index (χ3n) is 5.14. The zero-order valence-electron chi connectivity index (χ0n) is 13.0. The Bertz CT molecular complexity index is 1100. The van der Waals surface area contributed by atoms with Crippen molar-refractivity contribution in [2.24, 2.45) is 0 Å². The van der Waals surface area contributed by atoms with Crippen LogP contribution in [0, 0.1) is 0 Å². The predicted octanol–water partition coefficient (Wildman–Crippen LogP) is 7.01. The molecule has 0 fully saturated rings. The summed E-state index contributed by atoms with van der Waals surface area (Å²) in [6.45, 7) is 4.60. The fraction of sp³-hybridized carbons (Fsp3) is 0.143. The molecule has 3 aromatic carbocycles. The van der Waals surface area contributed by atoms with Crippen LogP contribution >= 0.6 is 22.9 Å². The quantitative estimate of drug-likeness (QED) is 0.324. The van der Waals surface area contributed by atoms with Crippen LogP contribution < -0.4 is 0 Å². The highest BCUT2D eigenvalue weighted by Gasteiger charge is 2.37. The van der Waals surface area contributed by atoms with Gasteiger partial charge in [-0.25, -0.2) is 0 Å². The SMILES string of the molecule is CC1(C)c2cc(Cl)ccc2-c2c1ccc1sc3ccccc3c21. The normalized spacial score (nSPS) is 15.1. The van der Waals surface area contributed by atoms with Gasteiger partial charge in [0.15, 0.2) is 0 Å². The Labute approximate surface area is 144 Å². The minimum absolute atomic E-state index is 0.00715. The van der Waals surface area contributed by atoms with Gasteiger partial charge in [-0.05, 0) is 46.5 Å². The maximum Gasteiger partial charge on any atom is 0.0409 e. The summed E-state index contributed by atoms with van der Waals surface area (Å²) in [5.41, 5.74) is 5.47. The van der Waals surface area contributed by atoms with E-state index in [9.17, 15) is 0 Å². The van der Waals surface area contributed by atoms with Crippen LogP contribution in [-0.4, -0.2) is 0 Å². The Balaban J connectivity index is 2.03. The van der Waals surface area contributed by atoms with Gasteiger partial charge >= 0.3 is 0 Å². The Hall–Kier alpha value is -1.83. The molecule has 0 radical (unpaired) electrons. The number of thiophene rings is 1. The van der Waals surface area contributed by atoms with Crippen LogP contribution in [0.15, 0.2) is 54.6 Å². The average molecular weight is 335 g/mol. The fourth-order valence-corrected chi connectivity index (χ4v) is 5.30. The lowest BCUT2D eigenvalue weighted by Gasteiger charge is -2.21. The van der Waals surface area contributed by atoms with Gasteiger partial charge in [0.05, 0.1) is 0 Å². The minimum atomic E-state index is -0.00715. The van der Waals surface area contributed by atoms with Crippen molar-refractivity contribution in [2.45, 2.75) is 19.3 Å². The molecular weight excluding hydrogens is 320 g/mol. The summed E-state index contributed by atoms with van der Waals surface area (Å²) < 4.78 is 2.72. The van der Waals surface area contributed by atoms with Crippen molar-refractivity contribution in [3.63, 3.8) is 0 Å². The topological polar surface area (TPSA) is 0 Å². The monoisotopic (exact) mass is 334 g/mol. The second kappa shape index (κ2) is 4.37. The highest BCUT2D eigenvalue weighted by molar-refractivity contribution is 7.25. The van der Waals surface area contributed by atoms with Gasteiger partial charge < -0.3 is 0 Å². The van der Waals surface area contributed by atoms with Gasteiger partial charge in [-0.3, -0.25) is 0 Å². The number of halogens is 1.